The smallest absolute Gasteiger partial charge is 0.250 e. The number of morpholine rings is 1. The van der Waals surface area contributed by atoms with Crippen LogP contribution in [0.3, 0.4) is 0 Å². The zero-order valence-electron chi connectivity index (χ0n) is 13.4. The van der Waals surface area contributed by atoms with E-state index in [4.69, 9.17) is 9.15 Å². The Kier molecular flexibility index (Phi) is 5.70. The molecule has 1 saturated heterocycles. The van der Waals surface area contributed by atoms with E-state index in [1.165, 1.54) is 0 Å². The summed E-state index contributed by atoms with van der Waals surface area (Å²) in [4.78, 5) is 16.6. The molecule has 6 nitrogen and oxygen atoms in total. The molecule has 0 bridgehead atoms. The van der Waals surface area contributed by atoms with Crippen molar-refractivity contribution in [1.82, 2.24) is 15.6 Å². The fourth-order valence-electron chi connectivity index (χ4n) is 2.59. The van der Waals surface area contributed by atoms with E-state index in [0.717, 1.165) is 27.5 Å². The van der Waals surface area contributed by atoms with Crippen LogP contribution < -0.4 is 10.6 Å². The van der Waals surface area contributed by atoms with Crippen LogP contribution in [0.5, 0.6) is 0 Å². The maximum Gasteiger partial charge on any atom is 0.250 e. The van der Waals surface area contributed by atoms with E-state index in [-0.39, 0.29) is 18.3 Å². The number of halogens is 1. The lowest BCUT2D eigenvalue weighted by molar-refractivity contribution is -0.134. The van der Waals surface area contributed by atoms with E-state index < -0.39 is 6.10 Å². The Morgan fingerprint density at radius 3 is 3.00 bits per heavy atom. The van der Waals surface area contributed by atoms with Crippen molar-refractivity contribution in [1.29, 1.82) is 0 Å². The SMILES string of the molecule is Cl.O=C(NCc1ccc(-c2nc3ccccc3s2)o1)C1CNCCO1. The highest BCUT2D eigenvalue weighted by Gasteiger charge is 2.21. The van der Waals surface area contributed by atoms with Gasteiger partial charge in [-0.1, -0.05) is 12.1 Å². The monoisotopic (exact) mass is 379 g/mol. The van der Waals surface area contributed by atoms with Crippen molar-refractivity contribution in [2.45, 2.75) is 12.6 Å². The molecule has 2 aromatic heterocycles. The molecule has 1 aliphatic heterocycles. The second-order valence-electron chi connectivity index (χ2n) is 5.53. The lowest BCUT2D eigenvalue weighted by Crippen LogP contribution is -2.47. The highest BCUT2D eigenvalue weighted by molar-refractivity contribution is 7.21. The molecule has 1 aromatic carbocycles. The van der Waals surface area contributed by atoms with E-state index >= 15 is 0 Å². The molecule has 8 heteroatoms. The topological polar surface area (TPSA) is 76.4 Å². The molecule has 25 heavy (non-hydrogen) atoms. The molecule has 1 atom stereocenters. The van der Waals surface area contributed by atoms with Gasteiger partial charge >= 0.3 is 0 Å². The molecule has 3 aromatic rings. The normalized spacial score (nSPS) is 17.2. The van der Waals surface area contributed by atoms with Gasteiger partial charge in [0.1, 0.15) is 11.9 Å². The quantitative estimate of drug-likeness (QED) is 0.728. The van der Waals surface area contributed by atoms with Crippen LogP contribution in [0.25, 0.3) is 21.0 Å². The Balaban J connectivity index is 0.00000182. The number of para-hydroxylation sites is 1. The second kappa shape index (κ2) is 7.97. The number of nitrogens with one attached hydrogen (secondary N) is 2. The van der Waals surface area contributed by atoms with Gasteiger partial charge in [-0.2, -0.15) is 0 Å². The van der Waals surface area contributed by atoms with Gasteiger partial charge in [-0.25, -0.2) is 4.98 Å². The van der Waals surface area contributed by atoms with Gasteiger partial charge in [0.05, 0.1) is 23.4 Å². The predicted molar refractivity (Wildman–Crippen MR) is 99.0 cm³/mol. The Bertz CT molecular complexity index is 825. The molecule has 1 amide bonds. The first kappa shape index (κ1) is 17.9. The van der Waals surface area contributed by atoms with Crippen LogP contribution in [0.1, 0.15) is 5.76 Å². The molecule has 3 heterocycles. The lowest BCUT2D eigenvalue weighted by atomic mass is 10.3. The number of furan rings is 1. The minimum absolute atomic E-state index is 0. The molecule has 0 aliphatic carbocycles. The van der Waals surface area contributed by atoms with E-state index in [1.54, 1.807) is 11.3 Å². The maximum atomic E-state index is 12.0. The molecule has 4 rings (SSSR count). The summed E-state index contributed by atoms with van der Waals surface area (Å²) in [6.45, 7) is 2.22. The molecular formula is C17H18ClN3O3S. The van der Waals surface area contributed by atoms with Crippen molar-refractivity contribution in [2.24, 2.45) is 0 Å². The Hall–Kier alpha value is -1.93. The summed E-state index contributed by atoms with van der Waals surface area (Å²) >= 11 is 1.59. The third-order valence-electron chi connectivity index (χ3n) is 3.82. The van der Waals surface area contributed by atoms with Gasteiger partial charge in [-0.05, 0) is 24.3 Å². The summed E-state index contributed by atoms with van der Waals surface area (Å²) in [5.41, 5.74) is 0.964. The number of carbonyl (C=O) groups is 1. The van der Waals surface area contributed by atoms with Crippen molar-refractivity contribution in [3.63, 3.8) is 0 Å². The number of amides is 1. The van der Waals surface area contributed by atoms with Crippen molar-refractivity contribution >= 4 is 39.9 Å². The highest BCUT2D eigenvalue weighted by Crippen LogP contribution is 2.31. The summed E-state index contributed by atoms with van der Waals surface area (Å²) in [7, 11) is 0. The van der Waals surface area contributed by atoms with Crippen LogP contribution in [0, 0.1) is 0 Å². The zero-order valence-corrected chi connectivity index (χ0v) is 15.0. The van der Waals surface area contributed by atoms with Gasteiger partial charge in [0.2, 0.25) is 0 Å². The first-order valence-corrected chi connectivity index (χ1v) is 8.66. The van der Waals surface area contributed by atoms with Gasteiger partial charge in [0.25, 0.3) is 5.91 Å². The largest absolute Gasteiger partial charge is 0.457 e. The zero-order chi connectivity index (χ0) is 16.4. The van der Waals surface area contributed by atoms with E-state index in [2.05, 4.69) is 15.6 Å². The van der Waals surface area contributed by atoms with Gasteiger partial charge in [0, 0.05) is 13.1 Å². The summed E-state index contributed by atoms with van der Waals surface area (Å²) in [5.74, 6) is 1.29. The minimum Gasteiger partial charge on any atom is -0.457 e. The number of nitrogens with zero attached hydrogens (tertiary/aromatic N) is 1. The average molecular weight is 380 g/mol. The molecule has 2 N–H and O–H groups in total. The third-order valence-corrected chi connectivity index (χ3v) is 4.87. The van der Waals surface area contributed by atoms with Crippen molar-refractivity contribution in [3.8, 4) is 10.8 Å². The number of ether oxygens (including phenoxy) is 1. The molecule has 1 unspecified atom stereocenters. The predicted octanol–water partition coefficient (Wildman–Crippen LogP) is 2.58. The van der Waals surface area contributed by atoms with Crippen LogP contribution >= 0.6 is 23.7 Å². The Morgan fingerprint density at radius 2 is 2.20 bits per heavy atom. The number of rotatable bonds is 4. The molecule has 132 valence electrons. The third kappa shape index (κ3) is 4.01. The van der Waals surface area contributed by atoms with Gasteiger partial charge in [-0.15, -0.1) is 23.7 Å². The average Bonchev–Trinajstić information content (AvgIpc) is 3.27. The maximum absolute atomic E-state index is 12.0. The summed E-state index contributed by atoms with van der Waals surface area (Å²) < 4.78 is 12.4. The summed E-state index contributed by atoms with van der Waals surface area (Å²) in [6.07, 6.45) is -0.433. The number of hydrogen-bond donors (Lipinski definition) is 2. The van der Waals surface area contributed by atoms with Crippen LogP contribution in [0.15, 0.2) is 40.8 Å². The standard InChI is InChI=1S/C17H17N3O3S.ClH/c21-16(14-10-18-7-8-22-14)19-9-11-5-6-13(23-11)17-20-12-3-1-2-4-15(12)24-17;/h1-6,14,18H,7-10H2,(H,19,21);1H. The Morgan fingerprint density at radius 1 is 1.32 bits per heavy atom. The molecule has 0 radical (unpaired) electrons. The second-order valence-corrected chi connectivity index (χ2v) is 6.56. The van der Waals surface area contributed by atoms with Crippen LogP contribution in [-0.4, -0.2) is 36.7 Å². The Labute approximate surface area is 155 Å². The number of hydrogen-bond acceptors (Lipinski definition) is 6. The minimum atomic E-state index is -0.433. The molecular weight excluding hydrogens is 362 g/mol. The first-order chi connectivity index (χ1) is 11.8. The molecule has 0 saturated carbocycles. The van der Waals surface area contributed by atoms with Crippen LogP contribution in [0.2, 0.25) is 0 Å². The number of fused-ring (bicyclic) bond motifs is 1. The van der Waals surface area contributed by atoms with Gasteiger partial charge in [-0.3, -0.25) is 4.79 Å². The number of thiazole rings is 1. The summed E-state index contributed by atoms with van der Waals surface area (Å²) in [5, 5.41) is 6.82. The lowest BCUT2D eigenvalue weighted by Gasteiger charge is -2.22. The van der Waals surface area contributed by atoms with Crippen LogP contribution in [-0.2, 0) is 16.1 Å². The number of aromatic nitrogens is 1. The van der Waals surface area contributed by atoms with Crippen molar-refractivity contribution in [2.75, 3.05) is 19.7 Å². The van der Waals surface area contributed by atoms with Crippen molar-refractivity contribution in [3.05, 3.63) is 42.2 Å². The van der Waals surface area contributed by atoms with E-state index in [9.17, 15) is 4.79 Å². The molecule has 0 spiro atoms. The van der Waals surface area contributed by atoms with Crippen LogP contribution in [0.4, 0.5) is 0 Å². The van der Waals surface area contributed by atoms with Crippen molar-refractivity contribution < 1.29 is 13.9 Å². The fourth-order valence-corrected chi connectivity index (χ4v) is 3.51. The number of benzene rings is 1. The summed E-state index contributed by atoms with van der Waals surface area (Å²) in [6, 6.07) is 11.7. The molecule has 1 fully saturated rings. The molecule has 1 aliphatic rings. The van der Waals surface area contributed by atoms with Gasteiger partial charge < -0.3 is 19.8 Å². The van der Waals surface area contributed by atoms with E-state index in [1.807, 2.05) is 36.4 Å². The first-order valence-electron chi connectivity index (χ1n) is 7.84. The number of carbonyl (C=O) groups excluding carboxylic acids is 1. The van der Waals surface area contributed by atoms with Gasteiger partial charge in [0.15, 0.2) is 10.8 Å². The highest BCUT2D eigenvalue weighted by atomic mass is 35.5. The fraction of sp³-hybridized carbons (Fsp3) is 0.294. The van der Waals surface area contributed by atoms with E-state index in [0.29, 0.717) is 25.5 Å².